The van der Waals surface area contributed by atoms with Crippen LogP contribution in [0, 0.1) is 13.8 Å². The highest BCUT2D eigenvalue weighted by Crippen LogP contribution is 2.24. The van der Waals surface area contributed by atoms with Crippen LogP contribution in [0.3, 0.4) is 0 Å². The maximum Gasteiger partial charge on any atom is 0.124 e. The van der Waals surface area contributed by atoms with E-state index < -0.39 is 0 Å². The summed E-state index contributed by atoms with van der Waals surface area (Å²) >= 11 is 0. The minimum absolute atomic E-state index is 0.501. The largest absolute Gasteiger partial charge is 0.491 e. The number of aryl methyl sites for hydroxylation is 2. The average Bonchev–Trinajstić information content (AvgIpc) is 2.42. The summed E-state index contributed by atoms with van der Waals surface area (Å²) in [6.45, 7) is 7.35. The molecule has 0 fully saturated rings. The third kappa shape index (κ3) is 6.23. The zero-order valence-electron chi connectivity index (χ0n) is 12.6. The Bertz CT molecular complexity index is 396. The van der Waals surface area contributed by atoms with Crippen LogP contribution in [-0.2, 0) is 14.2 Å². The van der Waals surface area contributed by atoms with Crippen molar-refractivity contribution in [2.45, 2.75) is 13.8 Å². The van der Waals surface area contributed by atoms with Crippen LogP contribution >= 0.6 is 0 Å². The van der Waals surface area contributed by atoms with Gasteiger partial charge in [-0.2, -0.15) is 0 Å². The van der Waals surface area contributed by atoms with Gasteiger partial charge in [0, 0.05) is 18.9 Å². The predicted molar refractivity (Wildman–Crippen MR) is 79.3 cm³/mol. The van der Waals surface area contributed by atoms with Gasteiger partial charge in [-0.15, -0.1) is 0 Å². The third-order valence-corrected chi connectivity index (χ3v) is 2.85. The van der Waals surface area contributed by atoms with Crippen molar-refractivity contribution in [3.8, 4) is 5.75 Å². The first-order valence-electron chi connectivity index (χ1n) is 6.79. The molecule has 114 valence electrons. The maximum absolute atomic E-state index is 5.86. The molecule has 1 aromatic rings. The molecule has 0 unspecified atom stereocenters. The predicted octanol–water partition coefficient (Wildman–Crippen LogP) is 1.94. The first-order chi connectivity index (χ1) is 9.65. The molecule has 0 radical (unpaired) electrons. The van der Waals surface area contributed by atoms with Gasteiger partial charge in [0.15, 0.2) is 0 Å². The molecule has 2 N–H and O–H groups in total. The third-order valence-electron chi connectivity index (χ3n) is 2.85. The van der Waals surface area contributed by atoms with Gasteiger partial charge in [-0.25, -0.2) is 0 Å². The first-order valence-corrected chi connectivity index (χ1v) is 6.79. The molecule has 20 heavy (non-hydrogen) atoms. The van der Waals surface area contributed by atoms with Crippen LogP contribution in [0.2, 0.25) is 0 Å². The van der Waals surface area contributed by atoms with Crippen molar-refractivity contribution in [3.05, 3.63) is 23.3 Å². The van der Waals surface area contributed by atoms with Crippen molar-refractivity contribution >= 4 is 5.69 Å². The van der Waals surface area contributed by atoms with E-state index in [9.17, 15) is 0 Å². The van der Waals surface area contributed by atoms with E-state index in [1.165, 1.54) is 0 Å². The molecular weight excluding hydrogens is 258 g/mol. The zero-order chi connectivity index (χ0) is 14.8. The summed E-state index contributed by atoms with van der Waals surface area (Å²) in [5.74, 6) is 0.813. The molecule has 0 aliphatic rings. The average molecular weight is 283 g/mol. The van der Waals surface area contributed by atoms with Crippen molar-refractivity contribution in [2.75, 3.05) is 52.5 Å². The van der Waals surface area contributed by atoms with Gasteiger partial charge in [-0.3, -0.25) is 0 Å². The van der Waals surface area contributed by atoms with Crippen LogP contribution in [0.1, 0.15) is 11.1 Å². The fourth-order valence-electron chi connectivity index (χ4n) is 1.68. The molecule has 5 heteroatoms. The highest BCUT2D eigenvalue weighted by Gasteiger charge is 2.03. The molecule has 0 spiro atoms. The lowest BCUT2D eigenvalue weighted by molar-refractivity contribution is 0.0179. The van der Waals surface area contributed by atoms with E-state index in [2.05, 4.69) is 0 Å². The Labute approximate surface area is 121 Å². The van der Waals surface area contributed by atoms with E-state index in [-0.39, 0.29) is 0 Å². The van der Waals surface area contributed by atoms with Gasteiger partial charge < -0.3 is 24.7 Å². The van der Waals surface area contributed by atoms with Gasteiger partial charge in [0.05, 0.1) is 33.0 Å². The standard InChI is InChI=1S/C15H25NO4/c1-12-10-13(2)15(11-14(12)16)20-9-8-19-7-6-18-5-4-17-3/h10-11H,4-9,16H2,1-3H3. The number of rotatable bonds is 10. The fourth-order valence-corrected chi connectivity index (χ4v) is 1.68. The van der Waals surface area contributed by atoms with Gasteiger partial charge in [-0.1, -0.05) is 6.07 Å². The Balaban J connectivity index is 2.11. The second-order valence-corrected chi connectivity index (χ2v) is 4.54. The lowest BCUT2D eigenvalue weighted by Crippen LogP contribution is -2.12. The Morgan fingerprint density at radius 3 is 2.10 bits per heavy atom. The SMILES string of the molecule is COCCOCCOCCOc1cc(N)c(C)cc1C. The number of anilines is 1. The van der Waals surface area contributed by atoms with Gasteiger partial charge in [-0.05, 0) is 25.0 Å². The maximum atomic E-state index is 5.86. The number of ether oxygens (including phenoxy) is 4. The number of benzene rings is 1. The van der Waals surface area contributed by atoms with Crippen molar-refractivity contribution < 1.29 is 18.9 Å². The molecule has 0 aromatic heterocycles. The highest BCUT2D eigenvalue weighted by molar-refractivity contribution is 5.54. The second-order valence-electron chi connectivity index (χ2n) is 4.54. The summed E-state index contributed by atoms with van der Waals surface area (Å²) in [7, 11) is 1.65. The first kappa shape index (κ1) is 16.8. The van der Waals surface area contributed by atoms with Gasteiger partial charge in [0.1, 0.15) is 12.4 Å². The molecule has 0 bridgehead atoms. The normalized spacial score (nSPS) is 10.8. The minimum Gasteiger partial charge on any atom is -0.491 e. The number of nitrogen functional groups attached to an aromatic ring is 1. The molecule has 0 amide bonds. The van der Waals surface area contributed by atoms with Crippen molar-refractivity contribution in [3.63, 3.8) is 0 Å². The van der Waals surface area contributed by atoms with E-state index in [1.807, 2.05) is 26.0 Å². The Kier molecular flexibility index (Phi) is 8.02. The minimum atomic E-state index is 0.501. The zero-order valence-corrected chi connectivity index (χ0v) is 12.6. The van der Waals surface area contributed by atoms with Crippen LogP contribution < -0.4 is 10.5 Å². The summed E-state index contributed by atoms with van der Waals surface area (Å²) in [5, 5.41) is 0. The van der Waals surface area contributed by atoms with E-state index in [1.54, 1.807) is 7.11 Å². The van der Waals surface area contributed by atoms with E-state index in [0.717, 1.165) is 22.6 Å². The number of hydrogen-bond donors (Lipinski definition) is 1. The van der Waals surface area contributed by atoms with E-state index >= 15 is 0 Å². The molecule has 0 saturated heterocycles. The van der Waals surface area contributed by atoms with Crippen LogP contribution in [0.4, 0.5) is 5.69 Å². The molecule has 0 atom stereocenters. The smallest absolute Gasteiger partial charge is 0.124 e. The summed E-state index contributed by atoms with van der Waals surface area (Å²) in [4.78, 5) is 0. The fraction of sp³-hybridized carbons (Fsp3) is 0.600. The van der Waals surface area contributed by atoms with Crippen molar-refractivity contribution in [1.29, 1.82) is 0 Å². The molecule has 0 aliphatic carbocycles. The summed E-state index contributed by atoms with van der Waals surface area (Å²) < 4.78 is 21.2. The lowest BCUT2D eigenvalue weighted by atomic mass is 10.1. The number of methoxy groups -OCH3 is 1. The molecule has 1 rings (SSSR count). The number of nitrogens with two attached hydrogens (primary N) is 1. The van der Waals surface area contributed by atoms with Gasteiger partial charge in [0.25, 0.3) is 0 Å². The van der Waals surface area contributed by atoms with Crippen LogP contribution in [-0.4, -0.2) is 46.8 Å². The second kappa shape index (κ2) is 9.58. The number of hydrogen-bond acceptors (Lipinski definition) is 5. The Hall–Kier alpha value is -1.30. The van der Waals surface area contributed by atoms with Crippen molar-refractivity contribution in [1.82, 2.24) is 0 Å². The molecule has 0 saturated carbocycles. The molecule has 0 heterocycles. The summed E-state index contributed by atoms with van der Waals surface area (Å²) in [5.41, 5.74) is 8.76. The molecule has 1 aromatic carbocycles. The summed E-state index contributed by atoms with van der Waals surface area (Å²) in [6, 6.07) is 3.88. The highest BCUT2D eigenvalue weighted by atomic mass is 16.6. The molecule has 5 nitrogen and oxygen atoms in total. The van der Waals surface area contributed by atoms with E-state index in [4.69, 9.17) is 24.7 Å². The van der Waals surface area contributed by atoms with E-state index in [0.29, 0.717) is 39.6 Å². The topological polar surface area (TPSA) is 62.9 Å². The Morgan fingerprint density at radius 1 is 0.850 bits per heavy atom. The van der Waals surface area contributed by atoms with Crippen LogP contribution in [0.15, 0.2) is 12.1 Å². The van der Waals surface area contributed by atoms with Crippen LogP contribution in [0.5, 0.6) is 5.75 Å². The van der Waals surface area contributed by atoms with Gasteiger partial charge >= 0.3 is 0 Å². The lowest BCUT2D eigenvalue weighted by Gasteiger charge is -2.12. The molecular formula is C15H25NO4. The van der Waals surface area contributed by atoms with Crippen LogP contribution in [0.25, 0.3) is 0 Å². The van der Waals surface area contributed by atoms with Gasteiger partial charge in [0.2, 0.25) is 0 Å². The van der Waals surface area contributed by atoms with Crippen molar-refractivity contribution in [2.24, 2.45) is 0 Å². The monoisotopic (exact) mass is 283 g/mol. The Morgan fingerprint density at radius 2 is 1.45 bits per heavy atom. The summed E-state index contributed by atoms with van der Waals surface area (Å²) in [6.07, 6.45) is 0. The quantitative estimate of drug-likeness (QED) is 0.525. The molecule has 0 aliphatic heterocycles.